The number of nitrogens with zero attached hydrogens (tertiary/aromatic N) is 2. The van der Waals surface area contributed by atoms with Gasteiger partial charge in [0.15, 0.2) is 0 Å². The van der Waals surface area contributed by atoms with Crippen molar-refractivity contribution in [1.82, 2.24) is 25.8 Å². The lowest BCUT2D eigenvalue weighted by Gasteiger charge is -2.34. The zero-order valence-electron chi connectivity index (χ0n) is 38.7. The highest BCUT2D eigenvalue weighted by Crippen LogP contribution is 2.37. The van der Waals surface area contributed by atoms with Crippen molar-refractivity contribution in [1.29, 1.82) is 0 Å². The number of rotatable bonds is 8. The van der Waals surface area contributed by atoms with Crippen molar-refractivity contribution >= 4 is 59.1 Å². The molecule has 3 N–H and O–H groups in total. The number of amides is 5. The molecule has 0 saturated carbocycles. The smallest absolute Gasteiger partial charge is 0.408 e. The van der Waals surface area contributed by atoms with E-state index < -0.39 is 58.0 Å². The first-order chi connectivity index (χ1) is 28.4. The van der Waals surface area contributed by atoms with Crippen molar-refractivity contribution in [2.75, 3.05) is 40.4 Å². The average molecular weight is 905 g/mol. The van der Waals surface area contributed by atoms with Crippen molar-refractivity contribution in [2.45, 2.75) is 118 Å². The summed E-state index contributed by atoms with van der Waals surface area (Å²) in [4.78, 5) is 80.0. The van der Waals surface area contributed by atoms with Gasteiger partial charge in [0.05, 0.1) is 26.1 Å². The van der Waals surface area contributed by atoms with Gasteiger partial charge in [0.1, 0.15) is 17.7 Å². The summed E-state index contributed by atoms with van der Waals surface area (Å²) in [7, 11) is 2.69. The molecule has 2 aromatic rings. The van der Waals surface area contributed by atoms with Gasteiger partial charge in [0, 0.05) is 53.6 Å². The minimum atomic E-state index is -0.815. The van der Waals surface area contributed by atoms with E-state index in [1.54, 1.807) is 54.8 Å². The first kappa shape index (κ1) is 51.8. The van der Waals surface area contributed by atoms with E-state index in [0.29, 0.717) is 23.1 Å². The minimum absolute atomic E-state index is 0.210. The second kappa shape index (κ2) is 20.7. The second-order valence-corrected chi connectivity index (χ2v) is 21.0. The van der Waals surface area contributed by atoms with Crippen LogP contribution in [0.3, 0.4) is 0 Å². The average Bonchev–Trinajstić information content (AvgIpc) is 3.80. The molecule has 14 nitrogen and oxygen atoms in total. The van der Waals surface area contributed by atoms with Crippen LogP contribution in [0.4, 0.5) is 9.59 Å². The van der Waals surface area contributed by atoms with E-state index in [0.717, 1.165) is 11.1 Å². The number of hydrogen-bond acceptors (Lipinski definition) is 9. The SMILES string of the molecule is COC(=O)[C@@H]1CN(C(=O)[C@@H](NC(=O)NC(C)(C)C)C(C)(C)C)C[C@H]1c1ccc(Cl)cc1.COC(=O)[C@@H]1CN(C(=O)[C@@H](NC(=O)OC(C)(C)C)C(C)(C)C)C[C@H]1c1ccc(Cl)cc1. The van der Waals surface area contributed by atoms with Gasteiger partial charge in [-0.1, -0.05) is 89.0 Å². The summed E-state index contributed by atoms with van der Waals surface area (Å²) >= 11 is 12.0. The third-order valence-electron chi connectivity index (χ3n) is 10.5. The fraction of sp³-hybridized carbons (Fsp3) is 0.609. The molecule has 62 heavy (non-hydrogen) atoms. The van der Waals surface area contributed by atoms with Crippen LogP contribution in [0.5, 0.6) is 0 Å². The standard InChI is InChI=1S/C23H34ClN3O4.C23H33ClN2O5/c1-22(2,3)18(25-21(30)26-23(4,5)6)19(28)27-12-16(17(13-27)20(29)31-7)14-8-10-15(24)11-9-14;1-22(2,3)18(25-21(29)31-23(4,5)6)19(27)26-12-16(17(13-26)20(28)30-7)14-8-10-15(24)11-9-14/h8-11,16-18H,12-13H2,1-7H3,(H2,25,26,30);8-11,16-18H,12-13H2,1-7H3,(H,25,29)/t2*16-,17+,18+/m00/s1. The minimum Gasteiger partial charge on any atom is -0.469 e. The molecule has 2 aromatic carbocycles. The van der Waals surface area contributed by atoms with Gasteiger partial charge in [0.2, 0.25) is 11.8 Å². The van der Waals surface area contributed by atoms with E-state index in [1.165, 1.54) is 14.2 Å². The summed E-state index contributed by atoms with van der Waals surface area (Å²) in [5.41, 5.74) is -0.376. The molecule has 4 rings (SSSR count). The molecular weight excluding hydrogens is 837 g/mol. The first-order valence-corrected chi connectivity index (χ1v) is 21.5. The van der Waals surface area contributed by atoms with E-state index in [2.05, 4.69) is 16.0 Å². The zero-order chi connectivity index (χ0) is 47.1. The maximum atomic E-state index is 13.5. The molecule has 2 heterocycles. The van der Waals surface area contributed by atoms with E-state index in [1.807, 2.05) is 86.6 Å². The Bertz CT molecular complexity index is 1760. The van der Waals surface area contributed by atoms with Crippen LogP contribution in [-0.4, -0.2) is 109 Å². The number of alkyl carbamates (subject to hydrolysis) is 1. The summed E-state index contributed by atoms with van der Waals surface area (Å²) in [6.07, 6.45) is -0.654. The van der Waals surface area contributed by atoms with Gasteiger partial charge < -0.3 is 40.0 Å². The van der Waals surface area contributed by atoms with Crippen LogP contribution in [-0.2, 0) is 33.4 Å². The van der Waals surface area contributed by atoms with Crippen LogP contribution in [0.1, 0.15) is 106 Å². The number of benzene rings is 2. The molecule has 16 heteroatoms. The largest absolute Gasteiger partial charge is 0.469 e. The third kappa shape index (κ3) is 14.8. The number of esters is 2. The molecule has 2 aliphatic heterocycles. The lowest BCUT2D eigenvalue weighted by Crippen LogP contribution is -2.58. The third-order valence-corrected chi connectivity index (χ3v) is 11.0. The Labute approximate surface area is 377 Å². The van der Waals surface area contributed by atoms with Crippen LogP contribution < -0.4 is 16.0 Å². The van der Waals surface area contributed by atoms with Gasteiger partial charge >= 0.3 is 24.1 Å². The summed E-state index contributed by atoms with van der Waals surface area (Å²) in [5, 5.41) is 9.59. The van der Waals surface area contributed by atoms with E-state index >= 15 is 0 Å². The fourth-order valence-electron chi connectivity index (χ4n) is 7.44. The number of carbonyl (C=O) groups excluding carboxylic acids is 6. The number of carbonyl (C=O) groups is 6. The summed E-state index contributed by atoms with van der Waals surface area (Å²) in [6.45, 7) is 23.4. The molecular formula is C46H67Cl2N5O9. The van der Waals surface area contributed by atoms with Crippen molar-refractivity contribution in [3.8, 4) is 0 Å². The summed E-state index contributed by atoms with van der Waals surface area (Å²) < 4.78 is 15.3. The van der Waals surface area contributed by atoms with Crippen LogP contribution >= 0.6 is 23.2 Å². The number of halogens is 2. The molecule has 6 atom stereocenters. The number of nitrogens with one attached hydrogen (secondary N) is 3. The highest BCUT2D eigenvalue weighted by Gasteiger charge is 2.47. The van der Waals surface area contributed by atoms with Gasteiger partial charge in [0.25, 0.3) is 0 Å². The molecule has 2 saturated heterocycles. The Morgan fingerprint density at radius 3 is 1.24 bits per heavy atom. The van der Waals surface area contributed by atoms with Crippen LogP contribution in [0.15, 0.2) is 48.5 Å². The molecule has 2 fully saturated rings. The van der Waals surface area contributed by atoms with Crippen molar-refractivity contribution in [3.05, 3.63) is 69.7 Å². The number of likely N-dealkylation sites (tertiary alicyclic amines) is 2. The Morgan fingerprint density at radius 2 is 0.935 bits per heavy atom. The van der Waals surface area contributed by atoms with Gasteiger partial charge in [-0.3, -0.25) is 19.2 Å². The van der Waals surface area contributed by atoms with E-state index in [4.69, 9.17) is 37.4 Å². The fourth-order valence-corrected chi connectivity index (χ4v) is 7.69. The van der Waals surface area contributed by atoms with Crippen LogP contribution in [0.25, 0.3) is 0 Å². The van der Waals surface area contributed by atoms with Gasteiger partial charge in [-0.25, -0.2) is 9.59 Å². The Balaban J connectivity index is 0.000000330. The normalized spacial score (nSPS) is 20.2. The Hall–Kier alpha value is -4.56. The topological polar surface area (TPSA) is 173 Å². The first-order valence-electron chi connectivity index (χ1n) is 20.8. The number of urea groups is 1. The predicted octanol–water partition coefficient (Wildman–Crippen LogP) is 7.56. The molecule has 0 spiro atoms. The predicted molar refractivity (Wildman–Crippen MR) is 240 cm³/mol. The summed E-state index contributed by atoms with van der Waals surface area (Å²) in [5.74, 6) is -2.64. The van der Waals surface area contributed by atoms with Crippen LogP contribution in [0.2, 0.25) is 10.0 Å². The lowest BCUT2D eigenvalue weighted by molar-refractivity contribution is -0.146. The maximum Gasteiger partial charge on any atom is 0.408 e. The Kier molecular flexibility index (Phi) is 17.3. The maximum absolute atomic E-state index is 13.5. The Morgan fingerprint density at radius 1 is 0.581 bits per heavy atom. The monoisotopic (exact) mass is 903 g/mol. The molecule has 0 bridgehead atoms. The molecule has 0 aliphatic carbocycles. The number of methoxy groups -OCH3 is 2. The van der Waals surface area contributed by atoms with E-state index in [9.17, 15) is 28.8 Å². The van der Waals surface area contributed by atoms with Crippen molar-refractivity contribution in [3.63, 3.8) is 0 Å². The van der Waals surface area contributed by atoms with Crippen molar-refractivity contribution in [2.24, 2.45) is 22.7 Å². The lowest BCUT2D eigenvalue weighted by atomic mass is 9.85. The molecule has 0 aromatic heterocycles. The number of hydrogen-bond donors (Lipinski definition) is 3. The molecule has 5 amide bonds. The van der Waals surface area contributed by atoms with E-state index in [-0.39, 0.29) is 48.7 Å². The van der Waals surface area contributed by atoms with Crippen molar-refractivity contribution < 1.29 is 43.0 Å². The molecule has 0 unspecified atom stereocenters. The highest BCUT2D eigenvalue weighted by atomic mass is 35.5. The quantitative estimate of drug-likeness (QED) is 0.179. The molecule has 344 valence electrons. The second-order valence-electron chi connectivity index (χ2n) is 20.2. The van der Waals surface area contributed by atoms with Gasteiger partial charge in [-0.15, -0.1) is 0 Å². The van der Waals surface area contributed by atoms with Gasteiger partial charge in [-0.2, -0.15) is 0 Å². The number of ether oxygens (including phenoxy) is 3. The molecule has 2 aliphatic rings. The van der Waals surface area contributed by atoms with Crippen LogP contribution in [0, 0.1) is 22.7 Å². The highest BCUT2D eigenvalue weighted by molar-refractivity contribution is 6.30. The van der Waals surface area contributed by atoms with Gasteiger partial charge in [-0.05, 0) is 87.8 Å². The molecule has 0 radical (unpaired) electrons. The summed E-state index contributed by atoms with van der Waals surface area (Å²) in [6, 6.07) is 12.5. The zero-order valence-corrected chi connectivity index (χ0v) is 40.2.